The molecule has 0 saturated heterocycles. The van der Waals surface area contributed by atoms with Crippen LogP contribution in [0.3, 0.4) is 0 Å². The number of para-hydroxylation sites is 2. The summed E-state index contributed by atoms with van der Waals surface area (Å²) in [5.74, 6) is -0.267. The van der Waals surface area contributed by atoms with E-state index in [1.807, 2.05) is 0 Å². The van der Waals surface area contributed by atoms with E-state index in [0.29, 0.717) is 22.6 Å². The normalized spacial score (nSPS) is 10.4. The molecule has 11 heteroatoms. The van der Waals surface area contributed by atoms with Crippen LogP contribution in [-0.4, -0.2) is 47.0 Å². The zero-order valence-electron chi connectivity index (χ0n) is 12.7. The van der Waals surface area contributed by atoms with Crippen molar-refractivity contribution in [3.63, 3.8) is 0 Å². The van der Waals surface area contributed by atoms with Crippen molar-refractivity contribution in [2.24, 2.45) is 0 Å². The lowest BCUT2D eigenvalue weighted by Crippen LogP contribution is -2.15. The van der Waals surface area contributed by atoms with Gasteiger partial charge in [0.2, 0.25) is 11.0 Å². The van der Waals surface area contributed by atoms with Crippen LogP contribution in [0.2, 0.25) is 0 Å². The quantitative estimate of drug-likeness (QED) is 0.299. The molecule has 1 heterocycles. The molecule has 1 aromatic heterocycles. The van der Waals surface area contributed by atoms with Crippen LogP contribution in [0, 0.1) is 10.1 Å². The molecule has 1 amide bonds. The number of nitrogens with zero attached hydrogens (tertiary/aromatic N) is 3. The van der Waals surface area contributed by atoms with Gasteiger partial charge in [-0.25, -0.2) is 0 Å². The van der Waals surface area contributed by atoms with E-state index in [1.165, 1.54) is 35.2 Å². The number of nitrogens with one attached hydrogen (secondary N) is 2. The third kappa shape index (κ3) is 5.44. The Labute approximate surface area is 146 Å². The van der Waals surface area contributed by atoms with Crippen molar-refractivity contribution in [1.82, 2.24) is 10.2 Å². The van der Waals surface area contributed by atoms with E-state index in [1.54, 1.807) is 19.2 Å². The minimum absolute atomic E-state index is 0.0821. The number of nitro groups is 1. The van der Waals surface area contributed by atoms with E-state index in [4.69, 9.17) is 4.74 Å². The fourth-order valence-electron chi connectivity index (χ4n) is 1.65. The minimum Gasteiger partial charge on any atom is -0.383 e. The summed E-state index contributed by atoms with van der Waals surface area (Å²) in [6.45, 7) is 1.17. The third-order valence-corrected chi connectivity index (χ3v) is 4.70. The lowest BCUT2D eigenvalue weighted by molar-refractivity contribution is -0.383. The first-order valence-corrected chi connectivity index (χ1v) is 8.62. The molecule has 2 aromatic rings. The number of rotatable bonds is 9. The Balaban J connectivity index is 1.84. The summed E-state index contributed by atoms with van der Waals surface area (Å²) in [4.78, 5) is 22.3. The molecule has 0 spiro atoms. The summed E-state index contributed by atoms with van der Waals surface area (Å²) in [7, 11) is 1.61. The summed E-state index contributed by atoms with van der Waals surface area (Å²) in [5.41, 5.74) is 0.0312. The van der Waals surface area contributed by atoms with Crippen LogP contribution in [0.1, 0.15) is 0 Å². The Hall–Kier alpha value is -2.24. The second-order valence-corrected chi connectivity index (χ2v) is 6.60. The van der Waals surface area contributed by atoms with Crippen molar-refractivity contribution >= 4 is 45.5 Å². The van der Waals surface area contributed by atoms with Crippen molar-refractivity contribution in [3.8, 4) is 0 Å². The molecule has 1 aromatic carbocycles. The van der Waals surface area contributed by atoms with E-state index in [2.05, 4.69) is 20.8 Å². The maximum atomic E-state index is 11.9. The maximum Gasteiger partial charge on any atom is 0.292 e. The van der Waals surface area contributed by atoms with Gasteiger partial charge < -0.3 is 15.4 Å². The molecule has 0 unspecified atom stereocenters. The van der Waals surface area contributed by atoms with Gasteiger partial charge in [0.1, 0.15) is 5.69 Å². The SMILES string of the molecule is COCCNc1nnc(SCC(=O)Nc2ccccc2[N+](=O)[O-])s1. The van der Waals surface area contributed by atoms with Crippen molar-refractivity contribution in [1.29, 1.82) is 0 Å². The fraction of sp³-hybridized carbons (Fsp3) is 0.308. The Bertz CT molecular complexity index is 709. The molecule has 0 bridgehead atoms. The first-order chi connectivity index (χ1) is 11.6. The standard InChI is InChI=1S/C13H15N5O4S2/c1-22-7-6-14-12-16-17-13(24-12)23-8-11(19)15-9-4-2-3-5-10(9)18(20)21/h2-5H,6-8H2,1H3,(H,14,16)(H,15,19). The van der Waals surface area contributed by atoms with Crippen LogP contribution in [0.25, 0.3) is 0 Å². The van der Waals surface area contributed by atoms with Gasteiger partial charge in [-0.05, 0) is 6.07 Å². The molecule has 0 atom stereocenters. The zero-order chi connectivity index (χ0) is 17.4. The molecule has 0 radical (unpaired) electrons. The number of anilines is 2. The van der Waals surface area contributed by atoms with E-state index < -0.39 is 4.92 Å². The van der Waals surface area contributed by atoms with Gasteiger partial charge in [-0.1, -0.05) is 35.2 Å². The highest BCUT2D eigenvalue weighted by molar-refractivity contribution is 8.01. The number of amides is 1. The summed E-state index contributed by atoms with van der Waals surface area (Å²) < 4.78 is 5.55. The summed E-state index contributed by atoms with van der Waals surface area (Å²) in [6, 6.07) is 6.00. The molecule has 0 saturated carbocycles. The molecule has 128 valence electrons. The van der Waals surface area contributed by atoms with Crippen molar-refractivity contribution in [3.05, 3.63) is 34.4 Å². The summed E-state index contributed by atoms with van der Waals surface area (Å²) in [5, 5.41) is 25.0. The van der Waals surface area contributed by atoms with Crippen molar-refractivity contribution in [2.45, 2.75) is 4.34 Å². The van der Waals surface area contributed by atoms with Gasteiger partial charge in [0.05, 0.1) is 17.3 Å². The highest BCUT2D eigenvalue weighted by Gasteiger charge is 2.15. The maximum absolute atomic E-state index is 11.9. The van der Waals surface area contributed by atoms with Gasteiger partial charge in [-0.2, -0.15) is 0 Å². The fourth-order valence-corrected chi connectivity index (χ4v) is 3.23. The van der Waals surface area contributed by atoms with Gasteiger partial charge in [0, 0.05) is 19.7 Å². The monoisotopic (exact) mass is 369 g/mol. The Morgan fingerprint density at radius 2 is 2.21 bits per heavy atom. The average molecular weight is 369 g/mol. The van der Waals surface area contributed by atoms with Crippen molar-refractivity contribution < 1.29 is 14.5 Å². The average Bonchev–Trinajstić information content (AvgIpc) is 3.01. The Morgan fingerprint density at radius 3 is 2.96 bits per heavy atom. The molecule has 0 aliphatic rings. The van der Waals surface area contributed by atoms with Crippen LogP contribution in [0.15, 0.2) is 28.6 Å². The molecule has 24 heavy (non-hydrogen) atoms. The number of hydrogen-bond acceptors (Lipinski definition) is 9. The first kappa shape index (κ1) is 18.1. The van der Waals surface area contributed by atoms with E-state index in [0.717, 1.165) is 0 Å². The van der Waals surface area contributed by atoms with E-state index >= 15 is 0 Å². The largest absolute Gasteiger partial charge is 0.383 e. The van der Waals surface area contributed by atoms with Gasteiger partial charge in [-0.3, -0.25) is 14.9 Å². The zero-order valence-corrected chi connectivity index (χ0v) is 14.4. The first-order valence-electron chi connectivity index (χ1n) is 6.82. The molecular weight excluding hydrogens is 354 g/mol. The molecule has 0 aliphatic carbocycles. The Kier molecular flexibility index (Phi) is 6.90. The van der Waals surface area contributed by atoms with Crippen LogP contribution >= 0.6 is 23.1 Å². The summed E-state index contributed by atoms with van der Waals surface area (Å²) in [6.07, 6.45) is 0. The van der Waals surface area contributed by atoms with Gasteiger partial charge in [0.25, 0.3) is 5.69 Å². The number of carbonyl (C=O) groups excluding carboxylic acids is 1. The lowest BCUT2D eigenvalue weighted by atomic mass is 10.2. The number of thioether (sulfide) groups is 1. The second-order valence-electron chi connectivity index (χ2n) is 4.40. The van der Waals surface area contributed by atoms with Crippen molar-refractivity contribution in [2.75, 3.05) is 36.6 Å². The molecule has 0 fully saturated rings. The van der Waals surface area contributed by atoms with Gasteiger partial charge in [0.15, 0.2) is 4.34 Å². The van der Waals surface area contributed by atoms with E-state index in [-0.39, 0.29) is 23.0 Å². The minimum atomic E-state index is -0.536. The van der Waals surface area contributed by atoms with Crippen LogP contribution in [0.5, 0.6) is 0 Å². The molecule has 2 rings (SSSR count). The number of hydrogen-bond donors (Lipinski definition) is 2. The summed E-state index contributed by atoms with van der Waals surface area (Å²) >= 11 is 2.54. The second kappa shape index (κ2) is 9.15. The highest BCUT2D eigenvalue weighted by atomic mass is 32.2. The van der Waals surface area contributed by atoms with Gasteiger partial charge in [-0.15, -0.1) is 10.2 Å². The number of aromatic nitrogens is 2. The third-order valence-electron chi connectivity index (χ3n) is 2.69. The lowest BCUT2D eigenvalue weighted by Gasteiger charge is -2.04. The number of ether oxygens (including phenoxy) is 1. The smallest absolute Gasteiger partial charge is 0.292 e. The number of methoxy groups -OCH3 is 1. The van der Waals surface area contributed by atoms with Crippen LogP contribution in [0.4, 0.5) is 16.5 Å². The topological polar surface area (TPSA) is 119 Å². The number of nitro benzene ring substituents is 1. The predicted molar refractivity (Wildman–Crippen MR) is 92.7 cm³/mol. The molecule has 9 nitrogen and oxygen atoms in total. The van der Waals surface area contributed by atoms with Crippen LogP contribution in [-0.2, 0) is 9.53 Å². The predicted octanol–water partition coefficient (Wildman–Crippen LogP) is 2.24. The van der Waals surface area contributed by atoms with E-state index in [9.17, 15) is 14.9 Å². The number of benzene rings is 1. The molecule has 0 aliphatic heterocycles. The van der Waals surface area contributed by atoms with Gasteiger partial charge >= 0.3 is 0 Å². The molecule has 2 N–H and O–H groups in total. The highest BCUT2D eigenvalue weighted by Crippen LogP contribution is 2.27. The number of carbonyl (C=O) groups is 1. The Morgan fingerprint density at radius 1 is 1.42 bits per heavy atom. The molecular formula is C13H15N5O4S2. The van der Waals surface area contributed by atoms with Crippen LogP contribution < -0.4 is 10.6 Å².